The van der Waals surface area contributed by atoms with Crippen molar-refractivity contribution < 1.29 is 42.6 Å². The van der Waals surface area contributed by atoms with Gasteiger partial charge in [0, 0.05) is 27.1 Å². The van der Waals surface area contributed by atoms with Crippen molar-refractivity contribution in [1.29, 1.82) is 0 Å². The molecule has 4 aromatic rings. The number of ether oxygens (including phenoxy) is 1. The zero-order chi connectivity index (χ0) is 29.3. The highest BCUT2D eigenvalue weighted by molar-refractivity contribution is 7.10. The molecule has 0 saturated carbocycles. The van der Waals surface area contributed by atoms with Gasteiger partial charge in [-0.1, -0.05) is 24.3 Å². The van der Waals surface area contributed by atoms with Gasteiger partial charge in [-0.2, -0.15) is 13.2 Å². The first-order valence-electron chi connectivity index (χ1n) is 11.6. The lowest BCUT2D eigenvalue weighted by Gasteiger charge is -2.17. The number of alkyl halides is 3. The van der Waals surface area contributed by atoms with Crippen LogP contribution in [0.15, 0.2) is 72.1 Å². The SMILES string of the molecule is Cc1cc(COc2ccc(C(=O)NC(CC(=O)NO)c3cccs3)cc2)c2ccccc2n1.O=C(O)C(F)(F)F. The van der Waals surface area contributed by atoms with Gasteiger partial charge < -0.3 is 15.2 Å². The van der Waals surface area contributed by atoms with Gasteiger partial charge in [-0.15, -0.1) is 11.3 Å². The molecule has 0 aliphatic heterocycles. The van der Waals surface area contributed by atoms with Gasteiger partial charge in [0.1, 0.15) is 12.4 Å². The van der Waals surface area contributed by atoms with E-state index in [9.17, 15) is 22.8 Å². The lowest BCUT2D eigenvalue weighted by atomic mass is 10.1. The fraction of sp³-hybridized carbons (Fsp3) is 0.185. The minimum Gasteiger partial charge on any atom is -0.489 e. The molecule has 4 N–H and O–H groups in total. The predicted molar refractivity (Wildman–Crippen MR) is 140 cm³/mol. The number of nitrogens with zero attached hydrogens (tertiary/aromatic N) is 1. The molecule has 0 bridgehead atoms. The van der Waals surface area contributed by atoms with Gasteiger partial charge in [-0.3, -0.25) is 19.8 Å². The quantitative estimate of drug-likeness (QED) is 0.168. The summed E-state index contributed by atoms with van der Waals surface area (Å²) in [5.74, 6) is -3.01. The standard InChI is InChI=1S/C25H23N3O4S.C2HF3O2/c1-16-13-18(20-5-2-3-6-21(20)26-16)15-32-19-10-8-17(9-11-19)25(30)27-22(14-24(29)28-31)23-7-4-12-33-23;3-2(4,5)1(6)7/h2-13,22,31H,14-15H2,1H3,(H,27,30)(H,28,29);(H,6,7). The summed E-state index contributed by atoms with van der Waals surface area (Å²) in [7, 11) is 0. The van der Waals surface area contributed by atoms with Gasteiger partial charge in [-0.25, -0.2) is 10.3 Å². The first kappa shape index (κ1) is 30.1. The number of thiophene rings is 1. The number of carboxylic acid groups (broad SMARTS) is 1. The Bertz CT molecular complexity index is 1460. The smallest absolute Gasteiger partial charge is 0.489 e. The second-order valence-corrected chi connectivity index (χ2v) is 9.32. The van der Waals surface area contributed by atoms with E-state index in [4.69, 9.17) is 19.8 Å². The van der Waals surface area contributed by atoms with Crippen LogP contribution >= 0.6 is 11.3 Å². The molecule has 4 rings (SSSR count). The van der Waals surface area contributed by atoms with Gasteiger partial charge in [0.25, 0.3) is 5.91 Å². The molecule has 0 radical (unpaired) electrons. The summed E-state index contributed by atoms with van der Waals surface area (Å²) in [6, 6.07) is 19.9. The van der Waals surface area contributed by atoms with E-state index >= 15 is 0 Å². The normalized spacial score (nSPS) is 11.6. The maximum absolute atomic E-state index is 12.7. The molecular weight excluding hydrogens is 551 g/mol. The summed E-state index contributed by atoms with van der Waals surface area (Å²) >= 11 is 1.43. The van der Waals surface area contributed by atoms with E-state index < -0.39 is 24.1 Å². The number of fused-ring (bicyclic) bond motifs is 1. The van der Waals surface area contributed by atoms with Crippen molar-refractivity contribution in [2.24, 2.45) is 0 Å². The molecule has 13 heteroatoms. The summed E-state index contributed by atoms with van der Waals surface area (Å²) in [6.07, 6.45) is -5.15. The third-order valence-electron chi connectivity index (χ3n) is 5.39. The van der Waals surface area contributed by atoms with Crippen molar-refractivity contribution in [3.05, 3.63) is 93.8 Å². The number of benzene rings is 2. The highest BCUT2D eigenvalue weighted by atomic mass is 32.1. The van der Waals surface area contributed by atoms with Crippen molar-refractivity contribution >= 4 is 40.0 Å². The van der Waals surface area contributed by atoms with Gasteiger partial charge in [0.15, 0.2) is 0 Å². The molecule has 0 spiro atoms. The lowest BCUT2D eigenvalue weighted by molar-refractivity contribution is -0.192. The summed E-state index contributed by atoms with van der Waals surface area (Å²) in [5.41, 5.74) is 4.95. The largest absolute Gasteiger partial charge is 0.490 e. The van der Waals surface area contributed by atoms with Gasteiger partial charge >= 0.3 is 12.1 Å². The van der Waals surface area contributed by atoms with Crippen LogP contribution in [0, 0.1) is 6.92 Å². The van der Waals surface area contributed by atoms with Gasteiger partial charge in [0.2, 0.25) is 5.91 Å². The number of aryl methyl sites for hydroxylation is 1. The second kappa shape index (κ2) is 13.5. The Morgan fingerprint density at radius 3 is 2.33 bits per heavy atom. The Labute approximate surface area is 230 Å². The monoisotopic (exact) mass is 575 g/mol. The van der Waals surface area contributed by atoms with E-state index in [2.05, 4.69) is 10.3 Å². The summed E-state index contributed by atoms with van der Waals surface area (Å²) in [5, 5.41) is 21.7. The Balaban J connectivity index is 0.000000559. The maximum atomic E-state index is 12.7. The molecule has 210 valence electrons. The first-order valence-corrected chi connectivity index (χ1v) is 12.5. The molecule has 1 unspecified atom stereocenters. The van der Waals surface area contributed by atoms with Crippen molar-refractivity contribution in [1.82, 2.24) is 15.8 Å². The number of aliphatic carboxylic acids is 1. The topological polar surface area (TPSA) is 138 Å². The number of hydrogen-bond acceptors (Lipinski definition) is 7. The highest BCUT2D eigenvalue weighted by Gasteiger charge is 2.38. The number of amides is 2. The Morgan fingerprint density at radius 2 is 1.73 bits per heavy atom. The number of aromatic nitrogens is 1. The molecular formula is C27H24F3N3O6S. The average Bonchev–Trinajstić information content (AvgIpc) is 3.46. The van der Waals surface area contributed by atoms with Crippen LogP contribution in [0.1, 0.15) is 39.0 Å². The number of carbonyl (C=O) groups excluding carboxylic acids is 2. The minimum atomic E-state index is -5.08. The number of carbonyl (C=O) groups is 3. The Kier molecular flexibility index (Phi) is 10.2. The Morgan fingerprint density at radius 1 is 1.05 bits per heavy atom. The van der Waals surface area contributed by atoms with Crippen LogP contribution in [-0.4, -0.2) is 39.3 Å². The molecule has 2 amide bonds. The van der Waals surface area contributed by atoms with Crippen LogP contribution in [0.3, 0.4) is 0 Å². The van der Waals surface area contributed by atoms with E-state index in [0.717, 1.165) is 27.0 Å². The molecule has 1 atom stereocenters. The van der Waals surface area contributed by atoms with E-state index in [1.807, 2.05) is 54.8 Å². The summed E-state index contributed by atoms with van der Waals surface area (Å²) in [4.78, 5) is 38.7. The van der Waals surface area contributed by atoms with Crippen LogP contribution in [0.25, 0.3) is 10.9 Å². The highest BCUT2D eigenvalue weighted by Crippen LogP contribution is 2.24. The minimum absolute atomic E-state index is 0.0662. The van der Waals surface area contributed by atoms with E-state index in [1.165, 1.54) is 11.3 Å². The molecule has 2 aromatic carbocycles. The molecule has 40 heavy (non-hydrogen) atoms. The van der Waals surface area contributed by atoms with Crippen LogP contribution in [-0.2, 0) is 16.2 Å². The van der Waals surface area contributed by atoms with Crippen molar-refractivity contribution in [3.8, 4) is 5.75 Å². The summed E-state index contributed by atoms with van der Waals surface area (Å²) < 4.78 is 37.7. The third-order valence-corrected chi connectivity index (χ3v) is 6.38. The maximum Gasteiger partial charge on any atom is 0.490 e. The number of hydroxylamine groups is 1. The summed E-state index contributed by atoms with van der Waals surface area (Å²) in [6.45, 7) is 2.34. The number of pyridine rings is 1. The molecule has 9 nitrogen and oxygen atoms in total. The van der Waals surface area contributed by atoms with Crippen LogP contribution < -0.4 is 15.5 Å². The lowest BCUT2D eigenvalue weighted by Crippen LogP contribution is -2.32. The third kappa shape index (κ3) is 8.51. The molecule has 0 aliphatic carbocycles. The molecule has 0 fully saturated rings. The predicted octanol–water partition coefficient (Wildman–Crippen LogP) is 5.18. The molecule has 0 aliphatic rings. The molecule has 2 heterocycles. The van der Waals surface area contributed by atoms with Crippen molar-refractivity contribution in [3.63, 3.8) is 0 Å². The average molecular weight is 576 g/mol. The van der Waals surface area contributed by atoms with Crippen LogP contribution in [0.4, 0.5) is 13.2 Å². The Hall–Kier alpha value is -4.49. The number of nitrogens with one attached hydrogen (secondary N) is 2. The van der Waals surface area contributed by atoms with Gasteiger partial charge in [-0.05, 0) is 54.8 Å². The van der Waals surface area contributed by atoms with Crippen molar-refractivity contribution in [2.45, 2.75) is 32.2 Å². The van der Waals surface area contributed by atoms with E-state index in [1.54, 1.807) is 29.7 Å². The molecule has 0 saturated heterocycles. The van der Waals surface area contributed by atoms with Crippen LogP contribution in [0.2, 0.25) is 0 Å². The zero-order valence-corrected chi connectivity index (χ0v) is 21.8. The van der Waals surface area contributed by atoms with Crippen molar-refractivity contribution in [2.75, 3.05) is 0 Å². The number of carboxylic acids is 1. The molecule has 2 aromatic heterocycles. The number of rotatable bonds is 8. The van der Waals surface area contributed by atoms with Crippen LogP contribution in [0.5, 0.6) is 5.75 Å². The van der Waals surface area contributed by atoms with E-state index in [-0.39, 0.29) is 12.3 Å². The number of halogens is 3. The van der Waals surface area contributed by atoms with E-state index in [0.29, 0.717) is 17.9 Å². The zero-order valence-electron chi connectivity index (χ0n) is 20.9. The first-order chi connectivity index (χ1) is 19.0. The number of para-hydroxylation sites is 1. The van der Waals surface area contributed by atoms with Gasteiger partial charge in [0.05, 0.1) is 18.0 Å². The number of hydrogen-bond donors (Lipinski definition) is 4. The fourth-order valence-electron chi connectivity index (χ4n) is 3.56. The fourth-order valence-corrected chi connectivity index (χ4v) is 4.34. The second-order valence-electron chi connectivity index (χ2n) is 8.34.